The van der Waals surface area contributed by atoms with Crippen LogP contribution in [0.4, 0.5) is 0 Å². The topological polar surface area (TPSA) is 61.4 Å². The summed E-state index contributed by atoms with van der Waals surface area (Å²) in [5.74, 6) is -0.0708. The lowest BCUT2D eigenvalue weighted by Crippen LogP contribution is -2.52. The lowest BCUT2D eigenvalue weighted by molar-refractivity contribution is -0.146. The summed E-state index contributed by atoms with van der Waals surface area (Å²) >= 11 is 1.65. The SMILES string of the molecule is CSCC(C)NC(=O)C(=O)N1CCNCC1. The van der Waals surface area contributed by atoms with Crippen LogP contribution in [0.2, 0.25) is 0 Å². The molecular formula is C10H19N3O2S. The van der Waals surface area contributed by atoms with E-state index in [9.17, 15) is 9.59 Å². The Morgan fingerprint density at radius 3 is 2.62 bits per heavy atom. The molecule has 0 aromatic rings. The van der Waals surface area contributed by atoms with Gasteiger partial charge in [0.15, 0.2) is 0 Å². The van der Waals surface area contributed by atoms with Gasteiger partial charge in [0.05, 0.1) is 0 Å². The van der Waals surface area contributed by atoms with Crippen molar-refractivity contribution in [1.82, 2.24) is 15.5 Å². The van der Waals surface area contributed by atoms with Gasteiger partial charge >= 0.3 is 11.8 Å². The fourth-order valence-electron chi connectivity index (χ4n) is 1.59. The van der Waals surface area contributed by atoms with Crippen LogP contribution in [0.1, 0.15) is 6.92 Å². The number of thioether (sulfide) groups is 1. The largest absolute Gasteiger partial charge is 0.345 e. The Labute approximate surface area is 100 Å². The fourth-order valence-corrected chi connectivity index (χ4v) is 2.17. The number of amides is 2. The maximum absolute atomic E-state index is 11.7. The van der Waals surface area contributed by atoms with Gasteiger partial charge in [-0.25, -0.2) is 0 Å². The van der Waals surface area contributed by atoms with Crippen LogP contribution < -0.4 is 10.6 Å². The minimum Gasteiger partial charge on any atom is -0.345 e. The molecule has 1 aliphatic heterocycles. The van der Waals surface area contributed by atoms with E-state index in [1.807, 2.05) is 13.2 Å². The summed E-state index contributed by atoms with van der Waals surface area (Å²) in [5, 5.41) is 5.85. The van der Waals surface area contributed by atoms with Crippen LogP contribution in [0, 0.1) is 0 Å². The smallest absolute Gasteiger partial charge is 0.311 e. The summed E-state index contributed by atoms with van der Waals surface area (Å²) in [6.45, 7) is 4.66. The van der Waals surface area contributed by atoms with E-state index < -0.39 is 11.8 Å². The standard InChI is InChI=1S/C10H19N3O2S/c1-8(7-16-2)12-9(14)10(15)13-5-3-11-4-6-13/h8,11H,3-7H2,1-2H3,(H,12,14). The van der Waals surface area contributed by atoms with E-state index >= 15 is 0 Å². The monoisotopic (exact) mass is 245 g/mol. The molecule has 1 fully saturated rings. The summed E-state index contributed by atoms with van der Waals surface area (Å²) in [6.07, 6.45) is 1.97. The predicted octanol–water partition coefficient (Wildman–Crippen LogP) is -0.714. The molecule has 1 aliphatic rings. The Morgan fingerprint density at radius 1 is 1.44 bits per heavy atom. The summed E-state index contributed by atoms with van der Waals surface area (Å²) < 4.78 is 0. The average Bonchev–Trinajstić information content (AvgIpc) is 2.29. The Balaban J connectivity index is 2.37. The number of hydrogen-bond acceptors (Lipinski definition) is 4. The first-order valence-electron chi connectivity index (χ1n) is 5.44. The van der Waals surface area contributed by atoms with Gasteiger partial charge in [-0.1, -0.05) is 0 Å². The van der Waals surface area contributed by atoms with Crippen LogP contribution in [0.3, 0.4) is 0 Å². The van der Waals surface area contributed by atoms with Crippen LogP contribution >= 0.6 is 11.8 Å². The Hall–Kier alpha value is -0.750. The number of carbonyl (C=O) groups excluding carboxylic acids is 2. The van der Waals surface area contributed by atoms with Gasteiger partial charge in [-0.15, -0.1) is 0 Å². The first-order chi connectivity index (χ1) is 7.65. The Bertz CT molecular complexity index is 254. The van der Waals surface area contributed by atoms with Crippen molar-refractivity contribution in [3.8, 4) is 0 Å². The van der Waals surface area contributed by atoms with Gasteiger partial charge in [0, 0.05) is 38.0 Å². The van der Waals surface area contributed by atoms with Crippen molar-refractivity contribution >= 4 is 23.6 Å². The first kappa shape index (κ1) is 13.3. The van der Waals surface area contributed by atoms with Gasteiger partial charge in [-0.2, -0.15) is 11.8 Å². The molecule has 2 N–H and O–H groups in total. The second kappa shape index (κ2) is 6.75. The van der Waals surface area contributed by atoms with E-state index in [-0.39, 0.29) is 6.04 Å². The molecular weight excluding hydrogens is 226 g/mol. The van der Waals surface area contributed by atoms with Crippen molar-refractivity contribution in [3.63, 3.8) is 0 Å². The van der Waals surface area contributed by atoms with Crippen LogP contribution in [0.15, 0.2) is 0 Å². The normalized spacial score (nSPS) is 18.0. The van der Waals surface area contributed by atoms with Crippen LogP contribution in [-0.2, 0) is 9.59 Å². The second-order valence-electron chi connectivity index (χ2n) is 3.87. The van der Waals surface area contributed by atoms with E-state index in [1.54, 1.807) is 16.7 Å². The van der Waals surface area contributed by atoms with E-state index in [4.69, 9.17) is 0 Å². The molecule has 1 unspecified atom stereocenters. The molecule has 0 aliphatic carbocycles. The minimum atomic E-state index is -0.483. The summed E-state index contributed by atoms with van der Waals surface area (Å²) in [4.78, 5) is 24.9. The van der Waals surface area contributed by atoms with Gasteiger partial charge in [0.25, 0.3) is 0 Å². The van der Waals surface area contributed by atoms with E-state index in [2.05, 4.69) is 10.6 Å². The van der Waals surface area contributed by atoms with Gasteiger partial charge in [0.2, 0.25) is 0 Å². The molecule has 6 heteroatoms. The molecule has 1 heterocycles. The summed E-state index contributed by atoms with van der Waals surface area (Å²) in [6, 6.07) is 0.0364. The van der Waals surface area contributed by atoms with Gasteiger partial charge in [0.1, 0.15) is 0 Å². The van der Waals surface area contributed by atoms with Crippen LogP contribution in [0.25, 0.3) is 0 Å². The van der Waals surface area contributed by atoms with Crippen molar-refractivity contribution in [1.29, 1.82) is 0 Å². The van der Waals surface area contributed by atoms with Crippen molar-refractivity contribution in [2.45, 2.75) is 13.0 Å². The lowest BCUT2D eigenvalue weighted by Gasteiger charge is -2.27. The molecule has 5 nitrogen and oxygen atoms in total. The molecule has 0 bridgehead atoms. The zero-order valence-electron chi connectivity index (χ0n) is 9.78. The third kappa shape index (κ3) is 4.02. The molecule has 2 amide bonds. The predicted molar refractivity (Wildman–Crippen MR) is 65.4 cm³/mol. The third-order valence-corrected chi connectivity index (χ3v) is 3.23. The zero-order valence-corrected chi connectivity index (χ0v) is 10.6. The van der Waals surface area contributed by atoms with Crippen molar-refractivity contribution in [2.75, 3.05) is 38.2 Å². The van der Waals surface area contributed by atoms with Crippen molar-refractivity contribution in [3.05, 3.63) is 0 Å². The molecule has 1 rings (SSSR count). The Kier molecular flexibility index (Phi) is 5.62. The molecule has 0 spiro atoms. The Morgan fingerprint density at radius 2 is 2.06 bits per heavy atom. The highest BCUT2D eigenvalue weighted by atomic mass is 32.2. The molecule has 0 aromatic heterocycles. The molecule has 0 saturated carbocycles. The van der Waals surface area contributed by atoms with E-state index in [0.29, 0.717) is 13.1 Å². The van der Waals surface area contributed by atoms with E-state index in [0.717, 1.165) is 18.8 Å². The number of carbonyl (C=O) groups is 2. The highest BCUT2D eigenvalue weighted by molar-refractivity contribution is 7.98. The van der Waals surface area contributed by atoms with Gasteiger partial charge in [-0.3, -0.25) is 9.59 Å². The lowest BCUT2D eigenvalue weighted by atomic mass is 10.3. The molecule has 0 aromatic carbocycles. The van der Waals surface area contributed by atoms with Crippen molar-refractivity contribution < 1.29 is 9.59 Å². The van der Waals surface area contributed by atoms with Crippen LogP contribution in [-0.4, -0.2) is 60.9 Å². The zero-order chi connectivity index (χ0) is 12.0. The summed E-state index contributed by atoms with van der Waals surface area (Å²) in [5.41, 5.74) is 0. The quantitative estimate of drug-likeness (QED) is 0.645. The van der Waals surface area contributed by atoms with Gasteiger partial charge in [-0.05, 0) is 13.2 Å². The van der Waals surface area contributed by atoms with E-state index in [1.165, 1.54) is 0 Å². The number of nitrogens with one attached hydrogen (secondary N) is 2. The average molecular weight is 245 g/mol. The molecule has 16 heavy (non-hydrogen) atoms. The number of hydrogen-bond donors (Lipinski definition) is 2. The second-order valence-corrected chi connectivity index (χ2v) is 4.78. The fraction of sp³-hybridized carbons (Fsp3) is 0.800. The first-order valence-corrected chi connectivity index (χ1v) is 6.84. The molecule has 1 saturated heterocycles. The summed E-state index contributed by atoms with van der Waals surface area (Å²) in [7, 11) is 0. The van der Waals surface area contributed by atoms with Gasteiger partial charge < -0.3 is 15.5 Å². The van der Waals surface area contributed by atoms with Crippen molar-refractivity contribution in [2.24, 2.45) is 0 Å². The number of piperazine rings is 1. The molecule has 0 radical (unpaired) electrons. The number of nitrogens with zero attached hydrogens (tertiary/aromatic N) is 1. The maximum Gasteiger partial charge on any atom is 0.311 e. The number of rotatable bonds is 3. The molecule has 92 valence electrons. The highest BCUT2D eigenvalue weighted by Crippen LogP contribution is 1.98. The minimum absolute atomic E-state index is 0.0364. The third-order valence-electron chi connectivity index (χ3n) is 2.39. The highest BCUT2D eigenvalue weighted by Gasteiger charge is 2.23. The maximum atomic E-state index is 11.7. The molecule has 1 atom stereocenters. The van der Waals surface area contributed by atoms with Crippen LogP contribution in [0.5, 0.6) is 0 Å².